The summed E-state index contributed by atoms with van der Waals surface area (Å²) >= 11 is 1.88. The Morgan fingerprint density at radius 2 is 1.81 bits per heavy atom. The Hall–Kier alpha value is -0.710. The second-order valence-electron chi connectivity index (χ2n) is 6.99. The van der Waals surface area contributed by atoms with E-state index in [0.717, 1.165) is 19.3 Å². The van der Waals surface area contributed by atoms with Crippen LogP contribution in [0.3, 0.4) is 0 Å². The molecule has 0 radical (unpaired) electrons. The van der Waals surface area contributed by atoms with E-state index in [0.29, 0.717) is 5.25 Å². The molecule has 0 spiro atoms. The highest BCUT2D eigenvalue weighted by atomic mass is 32.2. The number of hydrogen-bond donors (Lipinski definition) is 1. The molecule has 1 saturated carbocycles. The van der Waals surface area contributed by atoms with Crippen LogP contribution in [0.25, 0.3) is 0 Å². The molecule has 1 aliphatic carbocycles. The third kappa shape index (κ3) is 3.22. The zero-order valence-electron chi connectivity index (χ0n) is 13.8. The number of hydrogen-bond acceptors (Lipinski definition) is 3. The minimum Gasteiger partial charge on any atom is -0.342 e. The molecule has 1 aliphatic heterocycles. The van der Waals surface area contributed by atoms with Gasteiger partial charge in [-0.2, -0.15) is 11.8 Å². The van der Waals surface area contributed by atoms with Crippen molar-refractivity contribution in [2.75, 3.05) is 6.26 Å². The SMILES string of the molecule is CSC1CCC(N2C(=O)C(C(C)C)NC(=O)C2C(C)C)C1. The fourth-order valence-electron chi connectivity index (χ4n) is 3.59. The Bertz CT molecular complexity index is 411. The summed E-state index contributed by atoms with van der Waals surface area (Å²) in [6, 6.07) is -0.436. The zero-order valence-corrected chi connectivity index (χ0v) is 14.6. The van der Waals surface area contributed by atoms with Crippen LogP contribution in [0, 0.1) is 11.8 Å². The van der Waals surface area contributed by atoms with E-state index in [9.17, 15) is 9.59 Å². The fraction of sp³-hybridized carbons (Fsp3) is 0.875. The monoisotopic (exact) mass is 312 g/mol. The van der Waals surface area contributed by atoms with Gasteiger partial charge in [0, 0.05) is 11.3 Å². The lowest BCUT2D eigenvalue weighted by atomic mass is 9.91. The van der Waals surface area contributed by atoms with Gasteiger partial charge in [0.2, 0.25) is 11.8 Å². The van der Waals surface area contributed by atoms with Gasteiger partial charge < -0.3 is 10.2 Å². The van der Waals surface area contributed by atoms with Crippen molar-refractivity contribution in [3.8, 4) is 0 Å². The summed E-state index contributed by atoms with van der Waals surface area (Å²) in [7, 11) is 0. The van der Waals surface area contributed by atoms with Crippen LogP contribution in [0.4, 0.5) is 0 Å². The van der Waals surface area contributed by atoms with Crippen molar-refractivity contribution in [1.82, 2.24) is 10.2 Å². The molecule has 4 nitrogen and oxygen atoms in total. The molecule has 2 fully saturated rings. The van der Waals surface area contributed by atoms with Crippen LogP contribution in [0.1, 0.15) is 47.0 Å². The van der Waals surface area contributed by atoms with E-state index < -0.39 is 0 Å². The number of nitrogens with one attached hydrogen (secondary N) is 1. The van der Waals surface area contributed by atoms with Crippen LogP contribution in [-0.4, -0.2) is 46.3 Å². The highest BCUT2D eigenvalue weighted by Crippen LogP contribution is 2.35. The van der Waals surface area contributed by atoms with E-state index in [1.807, 2.05) is 44.4 Å². The molecular formula is C16H28N2O2S. The van der Waals surface area contributed by atoms with Crippen LogP contribution in [0.15, 0.2) is 0 Å². The van der Waals surface area contributed by atoms with Gasteiger partial charge in [-0.25, -0.2) is 0 Å². The van der Waals surface area contributed by atoms with Crippen LogP contribution in [-0.2, 0) is 9.59 Å². The number of nitrogens with zero attached hydrogens (tertiary/aromatic N) is 1. The van der Waals surface area contributed by atoms with E-state index in [4.69, 9.17) is 0 Å². The van der Waals surface area contributed by atoms with Gasteiger partial charge in [0.25, 0.3) is 0 Å². The third-order valence-corrected chi connectivity index (χ3v) is 5.86. The predicted molar refractivity (Wildman–Crippen MR) is 87.2 cm³/mol. The van der Waals surface area contributed by atoms with E-state index in [1.165, 1.54) is 0 Å². The van der Waals surface area contributed by atoms with Gasteiger partial charge in [-0.15, -0.1) is 0 Å². The van der Waals surface area contributed by atoms with Crippen molar-refractivity contribution in [2.45, 2.75) is 70.3 Å². The average molecular weight is 312 g/mol. The molecule has 0 bridgehead atoms. The average Bonchev–Trinajstić information content (AvgIpc) is 2.88. The van der Waals surface area contributed by atoms with Crippen LogP contribution < -0.4 is 5.32 Å². The molecule has 0 aromatic rings. The second-order valence-corrected chi connectivity index (χ2v) is 8.13. The number of carbonyl (C=O) groups is 2. The quantitative estimate of drug-likeness (QED) is 0.866. The van der Waals surface area contributed by atoms with Crippen LogP contribution >= 0.6 is 11.8 Å². The Morgan fingerprint density at radius 3 is 2.29 bits per heavy atom. The van der Waals surface area contributed by atoms with E-state index in [-0.39, 0.29) is 41.8 Å². The summed E-state index contributed by atoms with van der Waals surface area (Å²) in [6.07, 6.45) is 5.33. The van der Waals surface area contributed by atoms with Crippen molar-refractivity contribution in [1.29, 1.82) is 0 Å². The van der Waals surface area contributed by atoms with Gasteiger partial charge in [-0.1, -0.05) is 27.7 Å². The first-order valence-electron chi connectivity index (χ1n) is 8.02. The summed E-state index contributed by atoms with van der Waals surface area (Å²) in [6.45, 7) is 8.05. The number of rotatable bonds is 4. The molecule has 1 N–H and O–H groups in total. The summed E-state index contributed by atoms with van der Waals surface area (Å²) in [5.41, 5.74) is 0. The van der Waals surface area contributed by atoms with Gasteiger partial charge in [-0.05, 0) is 37.4 Å². The molecule has 120 valence electrons. The van der Waals surface area contributed by atoms with Gasteiger partial charge in [0.1, 0.15) is 12.1 Å². The Balaban J connectivity index is 2.26. The zero-order chi connectivity index (χ0) is 15.7. The highest BCUT2D eigenvalue weighted by molar-refractivity contribution is 7.99. The number of piperazine rings is 1. The summed E-state index contributed by atoms with van der Waals surface area (Å²) in [5.74, 6) is 0.427. The normalized spacial score (nSPS) is 34.0. The lowest BCUT2D eigenvalue weighted by Gasteiger charge is -2.45. The number of amides is 2. The maximum atomic E-state index is 12.9. The van der Waals surface area contributed by atoms with Crippen molar-refractivity contribution < 1.29 is 9.59 Å². The Labute approximate surface area is 132 Å². The number of carbonyl (C=O) groups excluding carboxylic acids is 2. The molecule has 2 aliphatic rings. The van der Waals surface area contributed by atoms with Gasteiger partial charge in [-0.3, -0.25) is 9.59 Å². The largest absolute Gasteiger partial charge is 0.342 e. The molecule has 0 aromatic carbocycles. The van der Waals surface area contributed by atoms with Gasteiger partial charge >= 0.3 is 0 Å². The smallest absolute Gasteiger partial charge is 0.246 e. The molecule has 2 amide bonds. The number of thioether (sulfide) groups is 1. The van der Waals surface area contributed by atoms with Gasteiger partial charge in [0.05, 0.1) is 0 Å². The minimum atomic E-state index is -0.360. The molecule has 4 unspecified atom stereocenters. The molecule has 1 saturated heterocycles. The Morgan fingerprint density at radius 1 is 1.14 bits per heavy atom. The molecule has 1 heterocycles. The first-order chi connectivity index (χ1) is 9.86. The summed E-state index contributed by atoms with van der Waals surface area (Å²) < 4.78 is 0. The van der Waals surface area contributed by atoms with Crippen LogP contribution in [0.2, 0.25) is 0 Å². The molecule has 21 heavy (non-hydrogen) atoms. The summed E-state index contributed by atoms with van der Waals surface area (Å²) in [5, 5.41) is 3.56. The summed E-state index contributed by atoms with van der Waals surface area (Å²) in [4.78, 5) is 27.4. The maximum absolute atomic E-state index is 12.9. The third-order valence-electron chi connectivity index (χ3n) is 4.77. The van der Waals surface area contributed by atoms with Crippen molar-refractivity contribution >= 4 is 23.6 Å². The van der Waals surface area contributed by atoms with Crippen molar-refractivity contribution in [3.05, 3.63) is 0 Å². The van der Waals surface area contributed by atoms with E-state index >= 15 is 0 Å². The first-order valence-corrected chi connectivity index (χ1v) is 9.31. The molecule has 0 aromatic heterocycles. The maximum Gasteiger partial charge on any atom is 0.246 e. The lowest BCUT2D eigenvalue weighted by molar-refractivity contribution is -0.155. The molecule has 5 heteroatoms. The lowest BCUT2D eigenvalue weighted by Crippen LogP contribution is -2.68. The van der Waals surface area contributed by atoms with Gasteiger partial charge in [0.15, 0.2) is 0 Å². The Kier molecular flexibility index (Phi) is 5.23. The van der Waals surface area contributed by atoms with Crippen molar-refractivity contribution in [3.63, 3.8) is 0 Å². The highest BCUT2D eigenvalue weighted by Gasteiger charge is 2.47. The standard InChI is InChI=1S/C16H28N2O2S/c1-9(2)13-16(20)18(11-6-7-12(8-11)21-5)14(10(3)4)15(19)17-13/h9-14H,6-8H2,1-5H3,(H,17,19). The van der Waals surface area contributed by atoms with E-state index in [1.54, 1.807) is 0 Å². The predicted octanol–water partition coefficient (Wildman–Crippen LogP) is 2.28. The molecule has 2 rings (SSSR count). The topological polar surface area (TPSA) is 49.4 Å². The second kappa shape index (κ2) is 6.59. The fourth-order valence-corrected chi connectivity index (χ4v) is 4.38. The molecule has 4 atom stereocenters. The molecular weight excluding hydrogens is 284 g/mol. The van der Waals surface area contributed by atoms with E-state index in [2.05, 4.69) is 11.6 Å². The van der Waals surface area contributed by atoms with Crippen LogP contribution in [0.5, 0.6) is 0 Å². The minimum absolute atomic E-state index is 0.0240. The van der Waals surface area contributed by atoms with Crippen molar-refractivity contribution in [2.24, 2.45) is 11.8 Å². The first kappa shape index (κ1) is 16.7.